The zero-order chi connectivity index (χ0) is 8.77. The van der Waals surface area contributed by atoms with Gasteiger partial charge in [0.05, 0.1) is 11.3 Å². The quantitative estimate of drug-likeness (QED) is 0.619. The molecule has 1 N–H and O–H groups in total. The molecule has 0 atom stereocenters. The number of nitrogens with zero attached hydrogens (tertiary/aromatic N) is 4. The Morgan fingerprint density at radius 1 is 1.50 bits per heavy atom. The van der Waals surface area contributed by atoms with Crippen LogP contribution >= 0.6 is 0 Å². The highest BCUT2D eigenvalue weighted by atomic mass is 15.5. The molecule has 0 saturated heterocycles. The standard InChI is InChI=1S/C7H11N5/c1-5-7(2,3)12-4-8-10-6(12)11-9-5/h4H,1-3H3,(H,10,11). The summed E-state index contributed by atoms with van der Waals surface area (Å²) < 4.78 is 1.97. The van der Waals surface area contributed by atoms with E-state index < -0.39 is 0 Å². The fraction of sp³-hybridized carbons (Fsp3) is 0.571. The maximum atomic E-state index is 4.14. The summed E-state index contributed by atoms with van der Waals surface area (Å²) in [5, 5.41) is 11.8. The van der Waals surface area contributed by atoms with Crippen molar-refractivity contribution in [3.63, 3.8) is 0 Å². The smallest absolute Gasteiger partial charge is 0.245 e. The fourth-order valence-corrected chi connectivity index (χ4v) is 1.17. The molecule has 1 aromatic heterocycles. The molecule has 1 aliphatic heterocycles. The van der Waals surface area contributed by atoms with E-state index >= 15 is 0 Å². The largest absolute Gasteiger partial charge is 0.287 e. The molecule has 0 unspecified atom stereocenters. The zero-order valence-corrected chi connectivity index (χ0v) is 7.37. The third-order valence-corrected chi connectivity index (χ3v) is 2.36. The maximum Gasteiger partial charge on any atom is 0.245 e. The molecule has 0 saturated carbocycles. The van der Waals surface area contributed by atoms with Gasteiger partial charge in [0.15, 0.2) is 0 Å². The molecule has 0 radical (unpaired) electrons. The van der Waals surface area contributed by atoms with Crippen LogP contribution in [0.2, 0.25) is 0 Å². The molecule has 12 heavy (non-hydrogen) atoms. The van der Waals surface area contributed by atoms with Gasteiger partial charge in [-0.25, -0.2) is 5.43 Å². The Balaban J connectivity index is 2.57. The molecule has 2 heterocycles. The van der Waals surface area contributed by atoms with Gasteiger partial charge in [0.2, 0.25) is 5.95 Å². The van der Waals surface area contributed by atoms with Crippen molar-refractivity contribution < 1.29 is 0 Å². The number of nitrogens with one attached hydrogen (secondary N) is 1. The first kappa shape index (κ1) is 7.27. The summed E-state index contributed by atoms with van der Waals surface area (Å²) in [4.78, 5) is 0. The van der Waals surface area contributed by atoms with Crippen LogP contribution in [-0.2, 0) is 5.54 Å². The number of fused-ring (bicyclic) bond motifs is 1. The molecule has 0 fully saturated rings. The number of aromatic nitrogens is 3. The van der Waals surface area contributed by atoms with Crippen LogP contribution in [0.5, 0.6) is 0 Å². The second kappa shape index (κ2) is 2.06. The van der Waals surface area contributed by atoms with Gasteiger partial charge in [0, 0.05) is 0 Å². The molecule has 1 aromatic rings. The highest BCUT2D eigenvalue weighted by Crippen LogP contribution is 2.24. The van der Waals surface area contributed by atoms with Gasteiger partial charge in [-0.3, -0.25) is 4.57 Å². The summed E-state index contributed by atoms with van der Waals surface area (Å²) in [5.74, 6) is 0.700. The Morgan fingerprint density at radius 3 is 3.00 bits per heavy atom. The fourth-order valence-electron chi connectivity index (χ4n) is 1.17. The molecule has 0 bridgehead atoms. The van der Waals surface area contributed by atoms with Gasteiger partial charge in [-0.2, -0.15) is 5.10 Å². The molecule has 2 rings (SSSR count). The lowest BCUT2D eigenvalue weighted by Gasteiger charge is -2.30. The van der Waals surface area contributed by atoms with Crippen molar-refractivity contribution in [3.8, 4) is 0 Å². The minimum atomic E-state index is -0.121. The minimum absolute atomic E-state index is 0.121. The van der Waals surface area contributed by atoms with E-state index in [2.05, 4.69) is 34.6 Å². The molecule has 5 heteroatoms. The topological polar surface area (TPSA) is 55.1 Å². The SMILES string of the molecule is CC1=NNc2nncn2C1(C)C. The first-order valence-corrected chi connectivity index (χ1v) is 3.83. The van der Waals surface area contributed by atoms with Gasteiger partial charge >= 0.3 is 0 Å². The average molecular weight is 165 g/mol. The summed E-state index contributed by atoms with van der Waals surface area (Å²) in [6.07, 6.45) is 1.71. The molecule has 1 aliphatic rings. The van der Waals surface area contributed by atoms with Gasteiger partial charge < -0.3 is 0 Å². The van der Waals surface area contributed by atoms with Crippen LogP contribution in [0.3, 0.4) is 0 Å². The first-order chi connectivity index (χ1) is 5.62. The Morgan fingerprint density at radius 2 is 2.25 bits per heavy atom. The molecule has 5 nitrogen and oxygen atoms in total. The summed E-state index contributed by atoms with van der Waals surface area (Å²) in [6.45, 7) is 6.15. The Hall–Kier alpha value is -1.39. The third-order valence-electron chi connectivity index (χ3n) is 2.36. The van der Waals surface area contributed by atoms with Crippen molar-refractivity contribution in [2.75, 3.05) is 5.43 Å². The summed E-state index contributed by atoms with van der Waals surface area (Å²) in [7, 11) is 0. The number of hydrazone groups is 1. The number of rotatable bonds is 0. The molecule has 0 amide bonds. The summed E-state index contributed by atoms with van der Waals surface area (Å²) in [5.41, 5.74) is 3.73. The first-order valence-electron chi connectivity index (χ1n) is 3.83. The highest BCUT2D eigenvalue weighted by molar-refractivity contribution is 5.90. The van der Waals surface area contributed by atoms with Crippen molar-refractivity contribution in [2.24, 2.45) is 5.10 Å². The minimum Gasteiger partial charge on any atom is -0.287 e. The van der Waals surface area contributed by atoms with Crippen LogP contribution in [0.25, 0.3) is 0 Å². The molecule has 0 spiro atoms. The monoisotopic (exact) mass is 165 g/mol. The van der Waals surface area contributed by atoms with Crippen LogP contribution in [0.15, 0.2) is 11.4 Å². The van der Waals surface area contributed by atoms with Crippen LogP contribution in [0, 0.1) is 0 Å². The average Bonchev–Trinajstić information content (AvgIpc) is 2.46. The zero-order valence-electron chi connectivity index (χ0n) is 7.37. The van der Waals surface area contributed by atoms with Gasteiger partial charge in [-0.05, 0) is 20.8 Å². The lowest BCUT2D eigenvalue weighted by Crippen LogP contribution is -2.38. The lowest BCUT2D eigenvalue weighted by molar-refractivity contribution is 0.482. The highest BCUT2D eigenvalue weighted by Gasteiger charge is 2.29. The van der Waals surface area contributed by atoms with Gasteiger partial charge in [-0.1, -0.05) is 0 Å². The number of hydrogen-bond donors (Lipinski definition) is 1. The van der Waals surface area contributed by atoms with Crippen molar-refractivity contribution in [1.29, 1.82) is 0 Å². The van der Waals surface area contributed by atoms with Crippen LogP contribution in [0.1, 0.15) is 20.8 Å². The lowest BCUT2D eigenvalue weighted by atomic mass is 9.99. The van der Waals surface area contributed by atoms with E-state index in [0.29, 0.717) is 5.95 Å². The molecular formula is C7H11N5. The molecular weight excluding hydrogens is 154 g/mol. The predicted molar refractivity (Wildman–Crippen MR) is 46.1 cm³/mol. The third kappa shape index (κ3) is 0.760. The summed E-state index contributed by atoms with van der Waals surface area (Å²) >= 11 is 0. The van der Waals surface area contributed by atoms with E-state index in [1.807, 2.05) is 11.5 Å². The van der Waals surface area contributed by atoms with E-state index in [-0.39, 0.29) is 5.54 Å². The van der Waals surface area contributed by atoms with Crippen LogP contribution in [0.4, 0.5) is 5.95 Å². The maximum absolute atomic E-state index is 4.14. The van der Waals surface area contributed by atoms with Crippen LogP contribution < -0.4 is 5.43 Å². The van der Waals surface area contributed by atoms with Gasteiger partial charge in [0.1, 0.15) is 6.33 Å². The number of hydrogen-bond acceptors (Lipinski definition) is 4. The van der Waals surface area contributed by atoms with Crippen molar-refractivity contribution in [3.05, 3.63) is 6.33 Å². The van der Waals surface area contributed by atoms with Crippen molar-refractivity contribution >= 4 is 11.7 Å². The Bertz CT molecular complexity index is 335. The van der Waals surface area contributed by atoms with E-state index in [4.69, 9.17) is 0 Å². The van der Waals surface area contributed by atoms with E-state index in [1.165, 1.54) is 0 Å². The van der Waals surface area contributed by atoms with E-state index in [0.717, 1.165) is 5.71 Å². The second-order valence-electron chi connectivity index (χ2n) is 3.39. The van der Waals surface area contributed by atoms with E-state index in [1.54, 1.807) is 6.33 Å². The predicted octanol–water partition coefficient (Wildman–Crippen LogP) is 0.815. The Kier molecular flexibility index (Phi) is 1.25. The molecule has 64 valence electrons. The van der Waals surface area contributed by atoms with Gasteiger partial charge in [-0.15, -0.1) is 10.2 Å². The van der Waals surface area contributed by atoms with Gasteiger partial charge in [0.25, 0.3) is 0 Å². The van der Waals surface area contributed by atoms with E-state index in [9.17, 15) is 0 Å². The Labute approximate surface area is 70.5 Å². The molecule has 0 aliphatic carbocycles. The van der Waals surface area contributed by atoms with Crippen molar-refractivity contribution in [2.45, 2.75) is 26.3 Å². The number of anilines is 1. The summed E-state index contributed by atoms with van der Waals surface area (Å²) in [6, 6.07) is 0. The molecule has 0 aromatic carbocycles. The van der Waals surface area contributed by atoms with Crippen LogP contribution in [-0.4, -0.2) is 20.5 Å². The normalized spacial score (nSPS) is 19.4. The van der Waals surface area contributed by atoms with Crippen molar-refractivity contribution in [1.82, 2.24) is 14.8 Å². The second-order valence-corrected chi connectivity index (χ2v) is 3.39.